The van der Waals surface area contributed by atoms with Crippen LogP contribution in [0.5, 0.6) is 0 Å². The van der Waals surface area contributed by atoms with Crippen molar-refractivity contribution in [2.45, 2.75) is 67.9 Å². The number of amides is 6. The van der Waals surface area contributed by atoms with Crippen molar-refractivity contribution in [3.05, 3.63) is 60.0 Å². The Morgan fingerprint density at radius 3 is 2.30 bits per heavy atom. The molecule has 4 fully saturated rings. The van der Waals surface area contributed by atoms with Crippen molar-refractivity contribution in [1.82, 2.24) is 30.1 Å². The summed E-state index contributed by atoms with van der Waals surface area (Å²) in [5.74, 6) is -4.49. The summed E-state index contributed by atoms with van der Waals surface area (Å²) in [5.41, 5.74) is -1.07. The Labute approximate surface area is 287 Å². The maximum atomic E-state index is 16.3. The maximum absolute atomic E-state index is 16.3. The molecule has 0 aromatic heterocycles. The van der Waals surface area contributed by atoms with Crippen LogP contribution in [0.4, 0.5) is 14.0 Å². The molecule has 2 saturated carbocycles. The Kier molecular flexibility index (Phi) is 8.99. The molecule has 50 heavy (non-hydrogen) atoms. The van der Waals surface area contributed by atoms with E-state index in [-0.39, 0.29) is 55.2 Å². The van der Waals surface area contributed by atoms with Gasteiger partial charge in [0.05, 0.1) is 17.8 Å². The second-order valence-corrected chi connectivity index (χ2v) is 15.7. The summed E-state index contributed by atoms with van der Waals surface area (Å²) in [4.78, 5) is 80.4. The number of hydrogen-bond donors (Lipinski definition) is 4. The van der Waals surface area contributed by atoms with Crippen LogP contribution in [0.25, 0.3) is 0 Å². The van der Waals surface area contributed by atoms with Crippen molar-refractivity contribution in [3.63, 3.8) is 0 Å². The average molecular weight is 715 g/mol. The maximum Gasteiger partial charge on any atom is 0.408 e. The summed E-state index contributed by atoms with van der Waals surface area (Å²) in [6.07, 6.45) is 2.61. The van der Waals surface area contributed by atoms with Crippen LogP contribution in [0.2, 0.25) is 0 Å². The number of nitrogens with zero attached hydrogens (tertiary/aromatic N) is 3. The van der Waals surface area contributed by atoms with Gasteiger partial charge < -0.3 is 25.5 Å². The van der Waals surface area contributed by atoms with E-state index >= 15 is 4.39 Å². The number of fused-ring (bicyclic) bond motifs is 1. The summed E-state index contributed by atoms with van der Waals surface area (Å²) in [6.45, 7) is 8.50. The van der Waals surface area contributed by atoms with E-state index in [1.165, 1.54) is 34.9 Å². The molecule has 17 heteroatoms. The number of Topliss-reactive ketones (excluding diaryl/α,β-unsaturated/α-hetero) is 1. The first kappa shape index (κ1) is 35.0. The van der Waals surface area contributed by atoms with Crippen LogP contribution in [0.3, 0.4) is 0 Å². The molecule has 3 aliphatic heterocycles. The van der Waals surface area contributed by atoms with E-state index in [9.17, 15) is 42.3 Å². The molecule has 4 N–H and O–H groups in total. The lowest BCUT2D eigenvalue weighted by Gasteiger charge is -2.43. The number of rotatable bonds is 11. The fraction of sp³-hybridized carbons (Fsp3) is 0.515. The molecule has 0 bridgehead atoms. The van der Waals surface area contributed by atoms with Crippen molar-refractivity contribution in [2.24, 2.45) is 11.8 Å². The number of carbonyl (C=O) groups is 6. The molecule has 0 radical (unpaired) electrons. The number of nitrogens with one attached hydrogen (secondary N) is 3. The van der Waals surface area contributed by atoms with Crippen LogP contribution in [-0.2, 0) is 35.7 Å². The Balaban J connectivity index is 1.17. The van der Waals surface area contributed by atoms with Gasteiger partial charge in [-0.05, 0) is 42.9 Å². The third kappa shape index (κ3) is 6.22. The highest BCUT2D eigenvalue weighted by Gasteiger charge is 2.61. The summed E-state index contributed by atoms with van der Waals surface area (Å²) < 4.78 is 43.2. The van der Waals surface area contributed by atoms with Gasteiger partial charge >= 0.3 is 12.1 Å². The van der Waals surface area contributed by atoms with Crippen LogP contribution >= 0.6 is 0 Å². The fourth-order valence-corrected chi connectivity index (χ4v) is 8.69. The third-order valence-corrected chi connectivity index (χ3v) is 12.3. The topological polar surface area (TPSA) is 203 Å². The predicted molar refractivity (Wildman–Crippen MR) is 174 cm³/mol. The number of halogens is 1. The minimum Gasteiger partial charge on any atom is -0.465 e. The van der Waals surface area contributed by atoms with Crippen molar-refractivity contribution < 1.29 is 46.7 Å². The summed E-state index contributed by atoms with van der Waals surface area (Å²) in [7, 11) is -3.85. The van der Waals surface area contributed by atoms with E-state index in [4.69, 9.17) is 0 Å². The van der Waals surface area contributed by atoms with E-state index in [2.05, 4.69) is 28.5 Å². The second-order valence-electron chi connectivity index (χ2n) is 13.7. The number of carboxylic acid groups (broad SMARTS) is 1. The molecule has 15 nitrogen and oxygen atoms in total. The average Bonchev–Trinajstić information content (AvgIpc) is 3.93. The SMILES string of the molecule is C=CC(=O)N1CC(C(NC(C)=O)C(=O)C2c3ccc(C4CCN(C(=O)NC5(C(=O)NS(=O)(=O)C6CC6)CC5C=C)C4)c(F)c3CN2C(=O)O)C1. The zero-order chi connectivity index (χ0) is 36.3. The summed E-state index contributed by atoms with van der Waals surface area (Å²) in [6, 6.07) is -0.178. The molecule has 1 aromatic carbocycles. The van der Waals surface area contributed by atoms with Crippen LogP contribution in [-0.4, -0.2) is 107 Å². The molecule has 6 rings (SSSR count). The highest BCUT2D eigenvalue weighted by molar-refractivity contribution is 7.91. The molecule has 2 aliphatic carbocycles. The standard InChI is InChI=1S/C33H39FN6O9S/c1-4-20-12-33(20,30(44)37-50(48,49)21-6-7-21)36-31(45)38-11-10-18(13-38)22-8-9-23-24(26(22)34)16-40(32(46)47)28(23)29(43)27(35-17(3)41)19-14-39(15-19)25(42)5-2/h4-5,8-9,18-21,27-28H,1-2,6-7,10-16H2,3H3,(H,35,41)(H,36,45)(H,37,44)(H,46,47). The number of carbonyl (C=O) groups excluding carboxylic acids is 5. The zero-order valence-electron chi connectivity index (χ0n) is 27.4. The van der Waals surface area contributed by atoms with E-state index in [1.807, 2.05) is 0 Å². The number of sulfonamides is 1. The van der Waals surface area contributed by atoms with Crippen LogP contribution in [0, 0.1) is 17.7 Å². The Hall–Kier alpha value is -4.80. The number of likely N-dealkylation sites (tertiary alicyclic amines) is 2. The smallest absolute Gasteiger partial charge is 0.408 e. The van der Waals surface area contributed by atoms with Gasteiger partial charge in [-0.15, -0.1) is 6.58 Å². The monoisotopic (exact) mass is 714 g/mol. The third-order valence-electron chi connectivity index (χ3n) is 10.4. The van der Waals surface area contributed by atoms with E-state index in [0.29, 0.717) is 19.3 Å². The van der Waals surface area contributed by atoms with Gasteiger partial charge in [0, 0.05) is 56.4 Å². The molecular formula is C33H39FN6O9S. The second kappa shape index (κ2) is 12.8. The Morgan fingerprint density at radius 1 is 1.04 bits per heavy atom. The first-order valence-corrected chi connectivity index (χ1v) is 17.9. The zero-order valence-corrected chi connectivity index (χ0v) is 28.2. The Morgan fingerprint density at radius 2 is 1.72 bits per heavy atom. The fourth-order valence-electron chi connectivity index (χ4n) is 7.33. The first-order chi connectivity index (χ1) is 23.6. The van der Waals surface area contributed by atoms with Crippen LogP contribution < -0.4 is 15.4 Å². The minimum atomic E-state index is -3.85. The number of urea groups is 1. The largest absolute Gasteiger partial charge is 0.465 e. The number of benzene rings is 1. The Bertz CT molecular complexity index is 1810. The quantitative estimate of drug-likeness (QED) is 0.192. The predicted octanol–water partition coefficient (Wildman–Crippen LogP) is 1.13. The lowest BCUT2D eigenvalue weighted by molar-refractivity contribution is -0.139. The van der Waals surface area contributed by atoms with Gasteiger partial charge in [0.15, 0.2) is 5.78 Å². The molecule has 0 spiro atoms. The molecule has 5 aliphatic rings. The first-order valence-electron chi connectivity index (χ1n) is 16.4. The van der Waals surface area contributed by atoms with E-state index in [1.54, 1.807) is 0 Å². The number of ketones is 1. The molecule has 3 heterocycles. The number of hydrogen-bond acceptors (Lipinski definition) is 8. The van der Waals surface area contributed by atoms with E-state index < -0.39 is 92.7 Å². The summed E-state index contributed by atoms with van der Waals surface area (Å²) >= 11 is 0. The van der Waals surface area contributed by atoms with Gasteiger partial charge in [0.2, 0.25) is 21.8 Å². The highest BCUT2D eigenvalue weighted by Crippen LogP contribution is 2.46. The van der Waals surface area contributed by atoms with Gasteiger partial charge in [-0.1, -0.05) is 24.8 Å². The van der Waals surface area contributed by atoms with Crippen molar-refractivity contribution in [3.8, 4) is 0 Å². The van der Waals surface area contributed by atoms with Gasteiger partial charge in [0.25, 0.3) is 5.91 Å². The van der Waals surface area contributed by atoms with Gasteiger partial charge in [-0.25, -0.2) is 22.4 Å². The molecule has 2 saturated heterocycles. The van der Waals surface area contributed by atoms with E-state index in [0.717, 1.165) is 11.0 Å². The van der Waals surface area contributed by atoms with Gasteiger partial charge in [0.1, 0.15) is 17.4 Å². The van der Waals surface area contributed by atoms with Gasteiger partial charge in [-0.3, -0.25) is 28.8 Å². The minimum absolute atomic E-state index is 0.0177. The molecule has 5 unspecified atom stereocenters. The van der Waals surface area contributed by atoms with Crippen LogP contribution in [0.1, 0.15) is 61.3 Å². The molecule has 6 amide bonds. The van der Waals surface area contributed by atoms with Gasteiger partial charge in [-0.2, -0.15) is 0 Å². The van der Waals surface area contributed by atoms with Crippen molar-refractivity contribution >= 4 is 45.7 Å². The molecule has 5 atom stereocenters. The molecular weight excluding hydrogens is 675 g/mol. The summed E-state index contributed by atoms with van der Waals surface area (Å²) in [5, 5.41) is 14.7. The lowest BCUT2D eigenvalue weighted by atomic mass is 9.84. The van der Waals surface area contributed by atoms with Crippen LogP contribution in [0.15, 0.2) is 37.4 Å². The van der Waals surface area contributed by atoms with Crippen molar-refractivity contribution in [1.29, 1.82) is 0 Å². The lowest BCUT2D eigenvalue weighted by Crippen LogP contribution is -2.61. The van der Waals surface area contributed by atoms with Crippen molar-refractivity contribution in [2.75, 3.05) is 26.2 Å². The normalized spacial score (nSPS) is 26.3. The molecule has 268 valence electrons. The highest BCUT2D eigenvalue weighted by atomic mass is 32.2. The molecule has 1 aromatic rings.